The summed E-state index contributed by atoms with van der Waals surface area (Å²) < 4.78 is 5.43. The molecule has 1 aromatic carbocycles. The van der Waals surface area contributed by atoms with Crippen molar-refractivity contribution in [3.8, 4) is 5.75 Å². The number of likely N-dealkylation sites (tertiary alicyclic amines) is 1. The van der Waals surface area contributed by atoms with Crippen molar-refractivity contribution < 1.29 is 9.53 Å². The predicted molar refractivity (Wildman–Crippen MR) is 70.0 cm³/mol. The van der Waals surface area contributed by atoms with Gasteiger partial charge in [-0.2, -0.15) is 0 Å². The maximum absolute atomic E-state index is 11.9. The van der Waals surface area contributed by atoms with Gasteiger partial charge in [0.15, 0.2) is 6.61 Å². The van der Waals surface area contributed by atoms with Gasteiger partial charge in [0.25, 0.3) is 5.91 Å². The van der Waals surface area contributed by atoms with Crippen LogP contribution in [0, 0.1) is 0 Å². The van der Waals surface area contributed by atoms with Crippen molar-refractivity contribution in [2.75, 3.05) is 37.7 Å². The Bertz CT molecular complexity index is 441. The fourth-order valence-corrected chi connectivity index (χ4v) is 2.65. The molecule has 0 aromatic heterocycles. The molecule has 0 unspecified atom stereocenters. The zero-order chi connectivity index (χ0) is 12.4. The van der Waals surface area contributed by atoms with E-state index in [4.69, 9.17) is 4.74 Å². The summed E-state index contributed by atoms with van der Waals surface area (Å²) in [5, 5.41) is 0. The first-order valence-electron chi connectivity index (χ1n) is 6.59. The molecule has 1 aromatic rings. The van der Waals surface area contributed by atoms with Crippen molar-refractivity contribution in [2.45, 2.75) is 12.8 Å². The second-order valence-corrected chi connectivity index (χ2v) is 4.85. The van der Waals surface area contributed by atoms with Crippen LogP contribution in [0.5, 0.6) is 5.75 Å². The third kappa shape index (κ3) is 2.20. The first-order chi connectivity index (χ1) is 8.84. The number of benzene rings is 1. The Hall–Kier alpha value is -1.55. The third-order valence-electron chi connectivity index (χ3n) is 3.65. The van der Waals surface area contributed by atoms with E-state index in [1.165, 1.54) is 25.9 Å². The Morgan fingerprint density at radius 1 is 1.11 bits per heavy atom. The molecule has 2 heterocycles. The van der Waals surface area contributed by atoms with Gasteiger partial charge in [0.05, 0.1) is 5.69 Å². The average molecular weight is 246 g/mol. The molecule has 0 spiro atoms. The van der Waals surface area contributed by atoms with Gasteiger partial charge < -0.3 is 14.5 Å². The van der Waals surface area contributed by atoms with Crippen LogP contribution in [0.3, 0.4) is 0 Å². The standard InChI is InChI=1S/C14H18N2O2/c17-14-11-18-13-6-2-1-5-12(13)16(14)10-9-15-7-3-4-8-15/h1-2,5-6H,3-4,7-11H2. The van der Waals surface area contributed by atoms with Crippen LogP contribution in [0.25, 0.3) is 0 Å². The average Bonchev–Trinajstić information content (AvgIpc) is 2.91. The van der Waals surface area contributed by atoms with Gasteiger partial charge in [0, 0.05) is 13.1 Å². The Morgan fingerprint density at radius 3 is 2.72 bits per heavy atom. The number of rotatable bonds is 3. The SMILES string of the molecule is O=C1COc2ccccc2N1CCN1CCCC1. The number of hydrogen-bond donors (Lipinski definition) is 0. The fourth-order valence-electron chi connectivity index (χ4n) is 2.65. The Kier molecular flexibility index (Phi) is 3.19. The van der Waals surface area contributed by atoms with E-state index in [2.05, 4.69) is 4.90 Å². The second-order valence-electron chi connectivity index (χ2n) is 4.85. The minimum Gasteiger partial charge on any atom is -0.482 e. The number of ether oxygens (including phenoxy) is 1. The molecule has 96 valence electrons. The lowest BCUT2D eigenvalue weighted by Crippen LogP contribution is -2.43. The molecule has 0 atom stereocenters. The van der Waals surface area contributed by atoms with Crippen LogP contribution >= 0.6 is 0 Å². The number of fused-ring (bicyclic) bond motifs is 1. The summed E-state index contributed by atoms with van der Waals surface area (Å²) in [6.45, 7) is 4.22. The van der Waals surface area contributed by atoms with Crippen LogP contribution < -0.4 is 9.64 Å². The van der Waals surface area contributed by atoms with E-state index in [9.17, 15) is 4.79 Å². The van der Waals surface area contributed by atoms with E-state index >= 15 is 0 Å². The molecule has 0 bridgehead atoms. The van der Waals surface area contributed by atoms with Gasteiger partial charge in [-0.15, -0.1) is 0 Å². The predicted octanol–water partition coefficient (Wildman–Crippen LogP) is 1.51. The molecule has 1 amide bonds. The third-order valence-corrected chi connectivity index (χ3v) is 3.65. The lowest BCUT2D eigenvalue weighted by molar-refractivity contribution is -0.121. The zero-order valence-corrected chi connectivity index (χ0v) is 10.5. The van der Waals surface area contributed by atoms with Crippen LogP contribution in [0.4, 0.5) is 5.69 Å². The molecule has 0 saturated carbocycles. The number of nitrogens with zero attached hydrogens (tertiary/aromatic N) is 2. The largest absolute Gasteiger partial charge is 0.482 e. The Balaban J connectivity index is 1.71. The summed E-state index contributed by atoms with van der Waals surface area (Å²) in [4.78, 5) is 16.2. The summed E-state index contributed by atoms with van der Waals surface area (Å²) in [5.74, 6) is 0.881. The minimum absolute atomic E-state index is 0.0629. The quantitative estimate of drug-likeness (QED) is 0.810. The molecular formula is C14H18N2O2. The van der Waals surface area contributed by atoms with Gasteiger partial charge in [-0.25, -0.2) is 0 Å². The van der Waals surface area contributed by atoms with E-state index in [0.29, 0.717) is 0 Å². The number of anilines is 1. The lowest BCUT2D eigenvalue weighted by atomic mass is 10.2. The molecule has 0 radical (unpaired) electrons. The van der Waals surface area contributed by atoms with Crippen molar-refractivity contribution in [1.29, 1.82) is 0 Å². The summed E-state index contributed by atoms with van der Waals surface area (Å²) in [6.07, 6.45) is 2.57. The van der Waals surface area contributed by atoms with Crippen LogP contribution in [-0.2, 0) is 4.79 Å². The molecule has 3 rings (SSSR count). The van der Waals surface area contributed by atoms with Crippen LogP contribution in [0.15, 0.2) is 24.3 Å². The molecule has 0 aliphatic carbocycles. The van der Waals surface area contributed by atoms with Gasteiger partial charge in [0.1, 0.15) is 5.75 Å². The monoisotopic (exact) mass is 246 g/mol. The van der Waals surface area contributed by atoms with Crippen LogP contribution in [-0.4, -0.2) is 43.6 Å². The fraction of sp³-hybridized carbons (Fsp3) is 0.500. The van der Waals surface area contributed by atoms with E-state index in [-0.39, 0.29) is 12.5 Å². The molecule has 2 aliphatic heterocycles. The molecule has 2 aliphatic rings. The Morgan fingerprint density at radius 2 is 1.89 bits per heavy atom. The number of carbonyl (C=O) groups excluding carboxylic acids is 1. The minimum atomic E-state index is 0.0629. The van der Waals surface area contributed by atoms with E-state index in [1.54, 1.807) is 0 Å². The number of hydrogen-bond acceptors (Lipinski definition) is 3. The van der Waals surface area contributed by atoms with Crippen molar-refractivity contribution in [1.82, 2.24) is 4.90 Å². The molecule has 4 nitrogen and oxygen atoms in total. The molecule has 1 fully saturated rings. The summed E-state index contributed by atoms with van der Waals surface area (Å²) in [5.41, 5.74) is 0.910. The van der Waals surface area contributed by atoms with E-state index in [1.807, 2.05) is 29.2 Å². The van der Waals surface area contributed by atoms with Crippen LogP contribution in [0.2, 0.25) is 0 Å². The van der Waals surface area contributed by atoms with Crippen LogP contribution in [0.1, 0.15) is 12.8 Å². The summed E-state index contributed by atoms with van der Waals surface area (Å²) in [7, 11) is 0. The maximum Gasteiger partial charge on any atom is 0.265 e. The first kappa shape index (κ1) is 11.5. The number of amides is 1. The molecular weight excluding hydrogens is 228 g/mol. The highest BCUT2D eigenvalue weighted by Gasteiger charge is 2.25. The van der Waals surface area contributed by atoms with Crippen molar-refractivity contribution in [2.24, 2.45) is 0 Å². The molecule has 4 heteroatoms. The van der Waals surface area contributed by atoms with Gasteiger partial charge in [-0.05, 0) is 38.1 Å². The smallest absolute Gasteiger partial charge is 0.265 e. The van der Waals surface area contributed by atoms with Crippen molar-refractivity contribution in [3.63, 3.8) is 0 Å². The molecule has 1 saturated heterocycles. The highest BCUT2D eigenvalue weighted by atomic mass is 16.5. The van der Waals surface area contributed by atoms with Crippen molar-refractivity contribution >= 4 is 11.6 Å². The Labute approximate surface area is 107 Å². The van der Waals surface area contributed by atoms with Gasteiger partial charge >= 0.3 is 0 Å². The number of para-hydroxylation sites is 2. The highest BCUT2D eigenvalue weighted by Crippen LogP contribution is 2.31. The van der Waals surface area contributed by atoms with Gasteiger partial charge in [-0.1, -0.05) is 12.1 Å². The summed E-state index contributed by atoms with van der Waals surface area (Å²) >= 11 is 0. The van der Waals surface area contributed by atoms with E-state index in [0.717, 1.165) is 24.5 Å². The second kappa shape index (κ2) is 4.98. The van der Waals surface area contributed by atoms with Gasteiger partial charge in [0.2, 0.25) is 0 Å². The zero-order valence-electron chi connectivity index (χ0n) is 10.5. The number of carbonyl (C=O) groups is 1. The molecule has 0 N–H and O–H groups in total. The maximum atomic E-state index is 11.9. The van der Waals surface area contributed by atoms with Crippen molar-refractivity contribution in [3.05, 3.63) is 24.3 Å². The normalized spacial score (nSPS) is 19.8. The lowest BCUT2D eigenvalue weighted by Gasteiger charge is -2.30. The highest BCUT2D eigenvalue weighted by molar-refractivity contribution is 5.97. The first-order valence-corrected chi connectivity index (χ1v) is 6.59. The molecule has 18 heavy (non-hydrogen) atoms. The summed E-state index contributed by atoms with van der Waals surface area (Å²) in [6, 6.07) is 7.76. The topological polar surface area (TPSA) is 32.8 Å². The van der Waals surface area contributed by atoms with Gasteiger partial charge in [-0.3, -0.25) is 4.79 Å². The van der Waals surface area contributed by atoms with E-state index < -0.39 is 0 Å².